The fourth-order valence-electron chi connectivity index (χ4n) is 4.21. The molecule has 0 radical (unpaired) electrons. The number of nitrogens with zero attached hydrogens (tertiary/aromatic N) is 5. The van der Waals surface area contributed by atoms with Crippen molar-refractivity contribution in [2.45, 2.75) is 12.8 Å². The zero-order valence-corrected chi connectivity index (χ0v) is 19.0. The van der Waals surface area contributed by atoms with E-state index in [0.717, 1.165) is 29.0 Å². The molecule has 0 N–H and O–H groups in total. The average molecular weight is 465 g/mol. The van der Waals surface area contributed by atoms with Crippen LogP contribution in [0.15, 0.2) is 57.1 Å². The molecule has 0 saturated carbocycles. The first-order valence-corrected chi connectivity index (χ1v) is 11.6. The van der Waals surface area contributed by atoms with E-state index in [4.69, 9.17) is 4.42 Å². The summed E-state index contributed by atoms with van der Waals surface area (Å²) in [7, 11) is 3.00. The third-order valence-corrected chi connectivity index (χ3v) is 6.95. The highest BCUT2D eigenvalue weighted by Gasteiger charge is 2.49. The van der Waals surface area contributed by atoms with Gasteiger partial charge < -0.3 is 9.32 Å². The second-order valence-corrected chi connectivity index (χ2v) is 8.95. The maximum Gasteiger partial charge on any atom is 0.445 e. The number of para-hydroxylation sites is 1. The monoisotopic (exact) mass is 464 g/mol. The van der Waals surface area contributed by atoms with Crippen LogP contribution < -0.4 is 4.90 Å². The second-order valence-electron chi connectivity index (χ2n) is 7.96. The molecular weight excluding hydrogens is 442 g/mol. The van der Waals surface area contributed by atoms with Crippen molar-refractivity contribution in [3.8, 4) is 0 Å². The predicted octanol–water partition coefficient (Wildman–Crippen LogP) is 2.40. The molecule has 9 nitrogen and oxygen atoms in total. The molecule has 0 bridgehead atoms. The van der Waals surface area contributed by atoms with Crippen molar-refractivity contribution >= 4 is 52.0 Å². The Labute approximate surface area is 194 Å². The van der Waals surface area contributed by atoms with Gasteiger partial charge in [0.15, 0.2) is 11.7 Å². The first-order valence-electron chi connectivity index (χ1n) is 10.6. The highest BCUT2D eigenvalue weighted by molar-refractivity contribution is 8.14. The summed E-state index contributed by atoms with van der Waals surface area (Å²) in [6, 6.07) is 10.9. The molecular formula is C23H22N5O4S+. The van der Waals surface area contributed by atoms with Gasteiger partial charge in [-0.2, -0.15) is 9.48 Å². The number of carbonyl (C=O) groups excluding carboxylic acids is 3. The highest BCUT2D eigenvalue weighted by atomic mass is 32.2. The number of benzene rings is 1. The van der Waals surface area contributed by atoms with Crippen LogP contribution in [0.2, 0.25) is 0 Å². The average Bonchev–Trinajstić information content (AvgIpc) is 3.39. The lowest BCUT2D eigenvalue weighted by atomic mass is 10.0. The number of amidine groups is 2. The summed E-state index contributed by atoms with van der Waals surface area (Å²) in [4.78, 5) is 50.6. The first kappa shape index (κ1) is 21.3. The van der Waals surface area contributed by atoms with Crippen LogP contribution in [0.5, 0.6) is 0 Å². The van der Waals surface area contributed by atoms with Crippen LogP contribution in [0.1, 0.15) is 17.7 Å². The second kappa shape index (κ2) is 8.43. The van der Waals surface area contributed by atoms with E-state index in [-0.39, 0.29) is 23.3 Å². The Morgan fingerprint density at radius 1 is 1.21 bits per heavy atom. The van der Waals surface area contributed by atoms with Gasteiger partial charge in [-0.1, -0.05) is 35.0 Å². The van der Waals surface area contributed by atoms with Gasteiger partial charge in [0.05, 0.1) is 26.1 Å². The summed E-state index contributed by atoms with van der Waals surface area (Å²) in [6.45, 7) is 0.654. The topological polar surface area (TPSA) is 98.6 Å². The Balaban J connectivity index is 1.45. The molecule has 33 heavy (non-hydrogen) atoms. The number of hydrogen-bond acceptors (Lipinski definition) is 7. The number of hydrogen-bond donors (Lipinski definition) is 0. The normalized spacial score (nSPS) is 20.4. The van der Waals surface area contributed by atoms with E-state index >= 15 is 0 Å². The van der Waals surface area contributed by atoms with Gasteiger partial charge in [-0.25, -0.2) is 9.79 Å². The number of rotatable bonds is 3. The van der Waals surface area contributed by atoms with Crippen LogP contribution in [0.25, 0.3) is 0 Å². The van der Waals surface area contributed by atoms with Gasteiger partial charge in [0, 0.05) is 12.2 Å². The molecule has 3 aliphatic rings. The Kier molecular flexibility index (Phi) is 5.45. The van der Waals surface area contributed by atoms with E-state index in [1.165, 1.54) is 29.6 Å². The number of furan rings is 1. The van der Waals surface area contributed by atoms with Crippen molar-refractivity contribution in [1.29, 1.82) is 0 Å². The zero-order valence-electron chi connectivity index (χ0n) is 18.2. The van der Waals surface area contributed by atoms with Gasteiger partial charge in [0.2, 0.25) is 5.91 Å². The van der Waals surface area contributed by atoms with E-state index in [2.05, 4.69) is 9.98 Å². The lowest BCUT2D eigenvalue weighted by molar-refractivity contribution is -0.407. The fraction of sp³-hybridized carbons (Fsp3) is 0.304. The molecule has 10 heteroatoms. The molecule has 0 spiro atoms. The Hall–Kier alpha value is -3.53. The van der Waals surface area contributed by atoms with Gasteiger partial charge in [-0.05, 0) is 36.6 Å². The minimum absolute atomic E-state index is 0.0560. The van der Waals surface area contributed by atoms with Crippen LogP contribution in [0.4, 0.5) is 10.5 Å². The van der Waals surface area contributed by atoms with Gasteiger partial charge in [0.1, 0.15) is 5.04 Å². The number of thioether (sulfide) groups is 1. The largest absolute Gasteiger partial charge is 0.459 e. The van der Waals surface area contributed by atoms with E-state index < -0.39 is 17.9 Å². The lowest BCUT2D eigenvalue weighted by Crippen LogP contribution is -2.54. The number of carbonyl (C=O) groups is 3. The molecule has 0 fully saturated rings. The van der Waals surface area contributed by atoms with E-state index in [0.29, 0.717) is 17.3 Å². The zero-order chi connectivity index (χ0) is 23.1. The number of aliphatic imine (C=N–C) groups is 2. The summed E-state index contributed by atoms with van der Waals surface area (Å²) in [5, 5.41) is 0.418. The maximum atomic E-state index is 13.2. The van der Waals surface area contributed by atoms with Crippen molar-refractivity contribution in [3.05, 3.63) is 54.0 Å². The van der Waals surface area contributed by atoms with Crippen molar-refractivity contribution < 1.29 is 23.4 Å². The van der Waals surface area contributed by atoms with Crippen molar-refractivity contribution in [1.82, 2.24) is 4.90 Å². The van der Waals surface area contributed by atoms with E-state index in [9.17, 15) is 14.4 Å². The third-order valence-electron chi connectivity index (χ3n) is 5.93. The summed E-state index contributed by atoms with van der Waals surface area (Å²) in [5.41, 5.74) is 2.09. The van der Waals surface area contributed by atoms with Crippen LogP contribution in [0.3, 0.4) is 0 Å². The van der Waals surface area contributed by atoms with E-state index in [1.54, 1.807) is 24.1 Å². The van der Waals surface area contributed by atoms with Crippen molar-refractivity contribution in [2.24, 2.45) is 15.9 Å². The lowest BCUT2D eigenvalue weighted by Gasteiger charge is -2.30. The van der Waals surface area contributed by atoms with Gasteiger partial charge in [-0.3, -0.25) is 9.59 Å². The standard InChI is InChI=1S/C23H22N5O4S/c1-26-20-18(22(30)27(2)23(26)31)21(25-19(24-20)16-10-6-12-32-16)33-13-17(29)28-11-5-8-14-7-3-4-9-15(14)28/h3-4,6-7,9-10,12,18H,5,8,11,13H2,1-2H3/q+1. The summed E-state index contributed by atoms with van der Waals surface area (Å²) < 4.78 is 6.78. The first-order chi connectivity index (χ1) is 16.0. The molecule has 4 heterocycles. The summed E-state index contributed by atoms with van der Waals surface area (Å²) in [6.07, 6.45) is 3.35. The SMILES string of the molecule is CN1C(=O)C2C(SCC(=O)N3CCCc4ccccc43)=NC(c3ccco3)=NC2=[N+](C)C1=O. The molecule has 1 aromatic carbocycles. The predicted molar refractivity (Wildman–Crippen MR) is 125 cm³/mol. The molecule has 3 aliphatic heterocycles. The summed E-state index contributed by atoms with van der Waals surface area (Å²) >= 11 is 1.20. The van der Waals surface area contributed by atoms with Gasteiger partial charge >= 0.3 is 11.9 Å². The van der Waals surface area contributed by atoms with Crippen LogP contribution in [-0.4, -0.2) is 70.4 Å². The number of anilines is 1. The molecule has 0 saturated heterocycles. The van der Waals surface area contributed by atoms with Crippen LogP contribution >= 0.6 is 11.8 Å². The quantitative estimate of drug-likeness (QED) is 0.650. The van der Waals surface area contributed by atoms with Crippen molar-refractivity contribution in [2.75, 3.05) is 31.3 Å². The highest BCUT2D eigenvalue weighted by Crippen LogP contribution is 2.30. The number of aryl methyl sites for hydroxylation is 1. The van der Waals surface area contributed by atoms with Crippen LogP contribution in [-0.2, 0) is 16.0 Å². The number of amides is 4. The molecule has 0 aliphatic carbocycles. The Bertz CT molecular complexity index is 1250. The third kappa shape index (κ3) is 3.70. The molecule has 1 unspecified atom stereocenters. The smallest absolute Gasteiger partial charge is 0.445 e. The minimum atomic E-state index is -0.845. The number of fused-ring (bicyclic) bond motifs is 2. The Morgan fingerprint density at radius 2 is 2.03 bits per heavy atom. The van der Waals surface area contributed by atoms with Gasteiger partial charge in [-0.15, -0.1) is 0 Å². The number of imide groups is 1. The molecule has 1 aromatic heterocycles. The number of urea groups is 1. The molecule has 2 aromatic rings. The summed E-state index contributed by atoms with van der Waals surface area (Å²) in [5.74, 6) is -0.247. The van der Waals surface area contributed by atoms with Crippen molar-refractivity contribution in [3.63, 3.8) is 0 Å². The van der Waals surface area contributed by atoms with E-state index in [1.807, 2.05) is 24.3 Å². The maximum absolute atomic E-state index is 13.2. The molecule has 1 atom stereocenters. The van der Waals surface area contributed by atoms with Crippen LogP contribution in [0, 0.1) is 5.92 Å². The fourth-order valence-corrected chi connectivity index (χ4v) is 5.16. The Morgan fingerprint density at radius 3 is 2.82 bits per heavy atom. The molecule has 4 amide bonds. The molecule has 5 rings (SSSR count). The minimum Gasteiger partial charge on any atom is -0.459 e. The van der Waals surface area contributed by atoms with Gasteiger partial charge in [0.25, 0.3) is 11.7 Å². The molecule has 168 valence electrons.